The molecule has 3 nitrogen and oxygen atoms in total. The quantitative estimate of drug-likeness (QED) is 0.738. The highest BCUT2D eigenvalue weighted by Crippen LogP contribution is 2.29. The highest BCUT2D eigenvalue weighted by molar-refractivity contribution is 6.36. The van der Waals surface area contributed by atoms with Crippen LogP contribution < -0.4 is 4.74 Å². The molecule has 1 aromatic carbocycles. The minimum absolute atomic E-state index is 0.0236. The van der Waals surface area contributed by atoms with E-state index in [2.05, 4.69) is 4.98 Å². The molecule has 0 spiro atoms. The van der Waals surface area contributed by atoms with Crippen LogP contribution in [0.3, 0.4) is 0 Å². The van der Waals surface area contributed by atoms with Crippen molar-refractivity contribution < 1.29 is 9.53 Å². The number of fused-ring (bicyclic) bond motifs is 1. The number of aromatic nitrogens is 1. The fourth-order valence-electron chi connectivity index (χ4n) is 2.14. The van der Waals surface area contributed by atoms with Gasteiger partial charge in [-0.3, -0.25) is 9.78 Å². The molecule has 0 radical (unpaired) electrons. The van der Waals surface area contributed by atoms with Crippen LogP contribution in [0.2, 0.25) is 5.02 Å². The number of rotatable bonds is 6. The van der Waals surface area contributed by atoms with Crippen molar-refractivity contribution in [2.75, 3.05) is 7.11 Å². The van der Waals surface area contributed by atoms with Crippen molar-refractivity contribution in [2.45, 2.75) is 31.6 Å². The van der Waals surface area contributed by atoms with Crippen molar-refractivity contribution in [1.29, 1.82) is 0 Å². The number of pyridine rings is 1. The number of carbonyl (C=O) groups is 1. The maximum absolute atomic E-state index is 12.1. The van der Waals surface area contributed by atoms with Gasteiger partial charge in [-0.05, 0) is 30.2 Å². The van der Waals surface area contributed by atoms with E-state index in [0.29, 0.717) is 22.8 Å². The Bertz CT molecular complexity index is 658. The minimum Gasteiger partial charge on any atom is -0.497 e. The van der Waals surface area contributed by atoms with E-state index >= 15 is 0 Å². The van der Waals surface area contributed by atoms with Crippen LogP contribution in [0.15, 0.2) is 24.4 Å². The highest BCUT2D eigenvalue weighted by atomic mass is 35.5. The average Bonchev–Trinajstić information content (AvgIpc) is 2.50. The van der Waals surface area contributed by atoms with E-state index in [9.17, 15) is 4.79 Å². The van der Waals surface area contributed by atoms with Gasteiger partial charge in [-0.2, -0.15) is 0 Å². The van der Waals surface area contributed by atoms with Crippen molar-refractivity contribution in [1.82, 2.24) is 4.98 Å². The Morgan fingerprint density at radius 3 is 2.86 bits per heavy atom. The van der Waals surface area contributed by atoms with Gasteiger partial charge in [0.1, 0.15) is 5.75 Å². The summed E-state index contributed by atoms with van der Waals surface area (Å²) in [5.41, 5.74) is 1.47. The summed E-state index contributed by atoms with van der Waals surface area (Å²) >= 11 is 12.5. The standard InChI is InChI=1S/C16H17Cl2NO2/c1-3-4-13(17)15(20)7-10-9-19-14-6-5-11(21-2)8-12(14)16(10)18/h5-6,8-9,13H,3-4,7H2,1-2H3. The molecule has 1 atom stereocenters. The molecule has 0 saturated carbocycles. The second-order valence-corrected chi connectivity index (χ2v) is 5.78. The lowest BCUT2D eigenvalue weighted by atomic mass is 10.0. The SMILES string of the molecule is CCCC(Cl)C(=O)Cc1cnc2ccc(OC)cc2c1Cl. The van der Waals surface area contributed by atoms with Crippen molar-refractivity contribution >= 4 is 39.9 Å². The number of alkyl halides is 1. The van der Waals surface area contributed by atoms with Crippen molar-refractivity contribution in [2.24, 2.45) is 0 Å². The van der Waals surface area contributed by atoms with Gasteiger partial charge in [0.2, 0.25) is 0 Å². The minimum atomic E-state index is -0.466. The third-order valence-corrected chi connectivity index (χ3v) is 4.25. The fraction of sp³-hybridized carbons (Fsp3) is 0.375. The molecule has 0 N–H and O–H groups in total. The summed E-state index contributed by atoms with van der Waals surface area (Å²) in [6.45, 7) is 2.00. The zero-order valence-electron chi connectivity index (χ0n) is 12.0. The lowest BCUT2D eigenvalue weighted by Gasteiger charge is -2.10. The van der Waals surface area contributed by atoms with Crippen LogP contribution in [0.4, 0.5) is 0 Å². The molecule has 1 unspecified atom stereocenters. The monoisotopic (exact) mass is 325 g/mol. The summed E-state index contributed by atoms with van der Waals surface area (Å²) in [6.07, 6.45) is 3.39. The molecule has 0 amide bonds. The zero-order valence-corrected chi connectivity index (χ0v) is 13.5. The van der Waals surface area contributed by atoms with Crippen LogP contribution in [0.25, 0.3) is 10.9 Å². The number of carbonyl (C=O) groups excluding carboxylic acids is 1. The lowest BCUT2D eigenvalue weighted by molar-refractivity contribution is -0.118. The Balaban J connectivity index is 2.32. The molecule has 0 aliphatic rings. The van der Waals surface area contributed by atoms with Crippen molar-refractivity contribution in [3.63, 3.8) is 0 Å². The van der Waals surface area contributed by atoms with Gasteiger partial charge in [-0.15, -0.1) is 11.6 Å². The molecular weight excluding hydrogens is 309 g/mol. The summed E-state index contributed by atoms with van der Waals surface area (Å²) in [7, 11) is 1.60. The van der Waals surface area contributed by atoms with Gasteiger partial charge >= 0.3 is 0 Å². The maximum Gasteiger partial charge on any atom is 0.155 e. The smallest absolute Gasteiger partial charge is 0.155 e. The normalized spacial score (nSPS) is 12.4. The number of Topliss-reactive ketones (excluding diaryl/α,β-unsaturated/α-hetero) is 1. The first-order chi connectivity index (χ1) is 10.1. The van der Waals surface area contributed by atoms with E-state index in [-0.39, 0.29) is 12.2 Å². The van der Waals surface area contributed by atoms with Crippen molar-refractivity contribution in [3.05, 3.63) is 35.0 Å². The third-order valence-electron chi connectivity index (χ3n) is 3.34. The Morgan fingerprint density at radius 1 is 1.43 bits per heavy atom. The molecule has 0 bridgehead atoms. The molecule has 2 rings (SSSR count). The molecule has 1 heterocycles. The molecule has 0 fully saturated rings. The van der Waals surface area contributed by atoms with Crippen LogP contribution in [0.5, 0.6) is 5.75 Å². The van der Waals surface area contributed by atoms with E-state index in [1.807, 2.05) is 25.1 Å². The number of ether oxygens (including phenoxy) is 1. The average molecular weight is 326 g/mol. The molecule has 2 aromatic rings. The fourth-order valence-corrected chi connectivity index (χ4v) is 2.71. The zero-order chi connectivity index (χ0) is 15.4. The Kier molecular flexibility index (Phi) is 5.43. The van der Waals surface area contributed by atoms with Gasteiger partial charge in [0, 0.05) is 18.0 Å². The first-order valence-electron chi connectivity index (χ1n) is 6.84. The summed E-state index contributed by atoms with van der Waals surface area (Å²) in [4.78, 5) is 16.4. The van der Waals surface area contributed by atoms with Crippen molar-refractivity contribution in [3.8, 4) is 5.75 Å². The van der Waals surface area contributed by atoms with Gasteiger partial charge in [0.25, 0.3) is 0 Å². The van der Waals surface area contributed by atoms with E-state index in [1.165, 1.54) is 0 Å². The number of nitrogens with zero attached hydrogens (tertiary/aromatic N) is 1. The van der Waals surface area contributed by atoms with Gasteiger partial charge in [0.15, 0.2) is 5.78 Å². The summed E-state index contributed by atoms with van der Waals surface area (Å²) in [5, 5.41) is 0.850. The predicted octanol–water partition coefficient (Wildman–Crippen LogP) is 4.42. The topological polar surface area (TPSA) is 39.2 Å². The van der Waals surface area contributed by atoms with E-state index in [0.717, 1.165) is 17.3 Å². The second-order valence-electron chi connectivity index (χ2n) is 4.88. The Morgan fingerprint density at radius 2 is 2.19 bits per heavy atom. The van der Waals surface area contributed by atoms with Gasteiger partial charge in [-0.1, -0.05) is 24.9 Å². The predicted molar refractivity (Wildman–Crippen MR) is 86.6 cm³/mol. The molecule has 0 aliphatic carbocycles. The van der Waals surface area contributed by atoms with Crippen LogP contribution in [-0.4, -0.2) is 23.3 Å². The first kappa shape index (κ1) is 16.1. The lowest BCUT2D eigenvalue weighted by Crippen LogP contribution is -2.17. The number of ketones is 1. The summed E-state index contributed by atoms with van der Waals surface area (Å²) in [5.74, 6) is 0.681. The molecular formula is C16H17Cl2NO2. The van der Waals surface area contributed by atoms with Gasteiger partial charge in [0.05, 0.1) is 23.0 Å². The largest absolute Gasteiger partial charge is 0.497 e. The van der Waals surface area contributed by atoms with E-state index in [4.69, 9.17) is 27.9 Å². The molecule has 21 heavy (non-hydrogen) atoms. The third kappa shape index (κ3) is 3.66. The molecule has 1 aromatic heterocycles. The number of halogens is 2. The van der Waals surface area contributed by atoms with Gasteiger partial charge in [-0.25, -0.2) is 0 Å². The van der Waals surface area contributed by atoms with E-state index < -0.39 is 5.38 Å². The molecule has 5 heteroatoms. The number of benzene rings is 1. The first-order valence-corrected chi connectivity index (χ1v) is 7.66. The number of methoxy groups -OCH3 is 1. The molecule has 0 saturated heterocycles. The maximum atomic E-state index is 12.1. The summed E-state index contributed by atoms with van der Waals surface area (Å²) < 4.78 is 5.19. The Hall–Kier alpha value is -1.32. The number of hydrogen-bond donors (Lipinski definition) is 0. The number of hydrogen-bond acceptors (Lipinski definition) is 3. The van der Waals surface area contributed by atoms with Crippen LogP contribution in [-0.2, 0) is 11.2 Å². The van der Waals surface area contributed by atoms with Gasteiger partial charge < -0.3 is 4.74 Å². The molecule has 0 aliphatic heterocycles. The Labute approximate surface area is 134 Å². The van der Waals surface area contributed by atoms with Crippen LogP contribution in [0, 0.1) is 0 Å². The second kappa shape index (κ2) is 7.10. The molecule has 112 valence electrons. The van der Waals surface area contributed by atoms with E-state index in [1.54, 1.807) is 13.3 Å². The summed E-state index contributed by atoms with van der Waals surface area (Å²) in [6, 6.07) is 5.49. The van der Waals surface area contributed by atoms with Crippen LogP contribution in [0.1, 0.15) is 25.3 Å². The van der Waals surface area contributed by atoms with Crippen LogP contribution >= 0.6 is 23.2 Å². The highest BCUT2D eigenvalue weighted by Gasteiger charge is 2.17.